The number of thiazole rings is 1. The Bertz CT molecular complexity index is 685. The van der Waals surface area contributed by atoms with Crippen LogP contribution in [0.3, 0.4) is 0 Å². The largest absolute Gasteiger partial charge is 0.492 e. The summed E-state index contributed by atoms with van der Waals surface area (Å²) in [4.78, 5) is 4.17. The minimum Gasteiger partial charge on any atom is -0.492 e. The van der Waals surface area contributed by atoms with E-state index in [4.69, 9.17) is 10.5 Å². The van der Waals surface area contributed by atoms with Crippen molar-refractivity contribution in [3.63, 3.8) is 0 Å². The predicted octanol–water partition coefficient (Wildman–Crippen LogP) is 1.65. The average molecular weight is 327 g/mol. The molecule has 0 aliphatic rings. The van der Waals surface area contributed by atoms with Gasteiger partial charge in [0.1, 0.15) is 10.6 Å². The third-order valence-corrected chi connectivity index (χ3v) is 4.83. The van der Waals surface area contributed by atoms with Gasteiger partial charge in [-0.3, -0.25) is 0 Å². The maximum Gasteiger partial charge on any atom is 0.244 e. The molecule has 0 unspecified atom stereocenters. The minimum atomic E-state index is -3.67. The number of hydrogen-bond acceptors (Lipinski definition) is 6. The first kappa shape index (κ1) is 15.7. The summed E-state index contributed by atoms with van der Waals surface area (Å²) in [5, 5.41) is 1.89. The van der Waals surface area contributed by atoms with Crippen molar-refractivity contribution in [2.75, 3.05) is 18.9 Å². The second-order valence-electron chi connectivity index (χ2n) is 4.27. The molecule has 1 aromatic carbocycles. The van der Waals surface area contributed by atoms with E-state index >= 15 is 0 Å². The minimum absolute atomic E-state index is 0.0580. The van der Waals surface area contributed by atoms with Gasteiger partial charge in [-0.05, 0) is 25.1 Å². The molecule has 0 radical (unpaired) electrons. The summed E-state index contributed by atoms with van der Waals surface area (Å²) in [7, 11) is -3.67. The van der Waals surface area contributed by atoms with Crippen molar-refractivity contribution in [2.45, 2.75) is 18.2 Å². The van der Waals surface area contributed by atoms with E-state index in [1.54, 1.807) is 24.6 Å². The zero-order valence-electron chi connectivity index (χ0n) is 11.6. The molecule has 0 bridgehead atoms. The first-order valence-corrected chi connectivity index (χ1v) is 8.84. The number of rotatable bonds is 7. The summed E-state index contributed by atoms with van der Waals surface area (Å²) in [6.45, 7) is 2.44. The lowest BCUT2D eigenvalue weighted by Crippen LogP contribution is -2.26. The van der Waals surface area contributed by atoms with E-state index in [9.17, 15) is 8.42 Å². The Kier molecular flexibility index (Phi) is 5.16. The number of sulfonamides is 1. The van der Waals surface area contributed by atoms with Gasteiger partial charge in [0, 0.05) is 24.0 Å². The van der Waals surface area contributed by atoms with Crippen LogP contribution in [0, 0.1) is 0 Å². The van der Waals surface area contributed by atoms with Crippen LogP contribution in [-0.2, 0) is 16.4 Å². The van der Waals surface area contributed by atoms with Crippen LogP contribution >= 0.6 is 11.3 Å². The topological polar surface area (TPSA) is 94.3 Å². The molecule has 2 aromatic rings. The molecule has 1 aromatic heterocycles. The van der Waals surface area contributed by atoms with Crippen LogP contribution in [0.4, 0.5) is 5.69 Å². The van der Waals surface area contributed by atoms with Crippen molar-refractivity contribution in [3.8, 4) is 5.75 Å². The monoisotopic (exact) mass is 327 g/mol. The fourth-order valence-corrected chi connectivity index (χ4v) is 3.56. The molecule has 3 N–H and O–H groups in total. The summed E-state index contributed by atoms with van der Waals surface area (Å²) >= 11 is 1.48. The maximum absolute atomic E-state index is 12.3. The standard InChI is InChI=1S/C13H17N3O3S2/c1-2-19-12-4-3-10(14)7-13(12)21(17,18)16-6-5-11-8-20-9-15-11/h3-4,7-9,16H,2,5-6,14H2,1H3. The molecule has 2 rings (SSSR count). The number of nitrogens with zero attached hydrogens (tertiary/aromatic N) is 1. The second kappa shape index (κ2) is 6.88. The zero-order valence-corrected chi connectivity index (χ0v) is 13.2. The molecule has 0 spiro atoms. The Labute approximate surface area is 128 Å². The van der Waals surface area contributed by atoms with Crippen LogP contribution in [0.2, 0.25) is 0 Å². The Morgan fingerprint density at radius 3 is 2.90 bits per heavy atom. The van der Waals surface area contributed by atoms with Crippen molar-refractivity contribution < 1.29 is 13.2 Å². The molecular formula is C13H17N3O3S2. The maximum atomic E-state index is 12.3. The Morgan fingerprint density at radius 1 is 1.43 bits per heavy atom. The van der Waals surface area contributed by atoms with Crippen LogP contribution in [-0.4, -0.2) is 26.6 Å². The predicted molar refractivity (Wildman–Crippen MR) is 83.0 cm³/mol. The Hall–Kier alpha value is -1.64. The summed E-state index contributed by atoms with van der Waals surface area (Å²) in [5.74, 6) is 0.299. The van der Waals surface area contributed by atoms with Crippen LogP contribution in [0.1, 0.15) is 12.6 Å². The third-order valence-electron chi connectivity index (χ3n) is 2.71. The lowest BCUT2D eigenvalue weighted by atomic mass is 10.3. The van der Waals surface area contributed by atoms with Crippen molar-refractivity contribution >= 4 is 27.0 Å². The van der Waals surface area contributed by atoms with Crippen molar-refractivity contribution in [3.05, 3.63) is 34.8 Å². The lowest BCUT2D eigenvalue weighted by molar-refractivity contribution is 0.331. The van der Waals surface area contributed by atoms with Gasteiger partial charge < -0.3 is 10.5 Å². The van der Waals surface area contributed by atoms with E-state index in [0.29, 0.717) is 24.5 Å². The molecule has 0 aliphatic heterocycles. The van der Waals surface area contributed by atoms with E-state index in [1.807, 2.05) is 5.38 Å². The Balaban J connectivity index is 2.12. The summed E-state index contributed by atoms with van der Waals surface area (Å²) in [6, 6.07) is 4.57. The number of ether oxygens (including phenoxy) is 1. The number of benzene rings is 1. The highest BCUT2D eigenvalue weighted by Gasteiger charge is 2.19. The quantitative estimate of drug-likeness (QED) is 0.754. The van der Waals surface area contributed by atoms with Crippen molar-refractivity contribution in [2.24, 2.45) is 0 Å². The summed E-state index contributed by atoms with van der Waals surface area (Å²) in [6.07, 6.45) is 0.537. The first-order valence-electron chi connectivity index (χ1n) is 6.42. The molecule has 8 heteroatoms. The van der Waals surface area contributed by atoms with Gasteiger partial charge in [0.25, 0.3) is 0 Å². The van der Waals surface area contributed by atoms with E-state index in [0.717, 1.165) is 5.69 Å². The van der Waals surface area contributed by atoms with E-state index < -0.39 is 10.0 Å². The Morgan fingerprint density at radius 2 is 2.24 bits per heavy atom. The summed E-state index contributed by atoms with van der Waals surface area (Å²) in [5.41, 5.74) is 8.62. The van der Waals surface area contributed by atoms with Gasteiger partial charge in [0.15, 0.2) is 0 Å². The molecule has 0 atom stereocenters. The lowest BCUT2D eigenvalue weighted by Gasteiger charge is -2.12. The molecule has 0 fully saturated rings. The highest BCUT2D eigenvalue weighted by molar-refractivity contribution is 7.89. The van der Waals surface area contributed by atoms with Crippen LogP contribution in [0.15, 0.2) is 34.0 Å². The van der Waals surface area contributed by atoms with Gasteiger partial charge in [-0.25, -0.2) is 18.1 Å². The van der Waals surface area contributed by atoms with Crippen molar-refractivity contribution in [1.82, 2.24) is 9.71 Å². The van der Waals surface area contributed by atoms with Crippen molar-refractivity contribution in [1.29, 1.82) is 0 Å². The number of anilines is 1. The van der Waals surface area contributed by atoms with Gasteiger partial charge in [0.2, 0.25) is 10.0 Å². The van der Waals surface area contributed by atoms with Gasteiger partial charge in [0.05, 0.1) is 17.8 Å². The second-order valence-corrected chi connectivity index (χ2v) is 6.72. The third kappa shape index (κ3) is 4.16. The van der Waals surface area contributed by atoms with Crippen LogP contribution in [0.5, 0.6) is 5.75 Å². The molecule has 0 saturated heterocycles. The first-order chi connectivity index (χ1) is 10.0. The number of aromatic nitrogens is 1. The van der Waals surface area contributed by atoms with Gasteiger partial charge in [-0.2, -0.15) is 0 Å². The molecule has 6 nitrogen and oxygen atoms in total. The summed E-state index contributed by atoms with van der Waals surface area (Å²) < 4.78 is 32.6. The van der Waals surface area contributed by atoms with E-state index in [-0.39, 0.29) is 11.4 Å². The number of nitrogen functional groups attached to an aromatic ring is 1. The molecule has 0 aliphatic carbocycles. The zero-order chi connectivity index (χ0) is 15.3. The molecule has 0 saturated carbocycles. The van der Waals surface area contributed by atoms with Gasteiger partial charge in [-0.15, -0.1) is 11.3 Å². The average Bonchev–Trinajstić information content (AvgIpc) is 2.94. The van der Waals surface area contributed by atoms with Gasteiger partial charge >= 0.3 is 0 Å². The molecule has 114 valence electrons. The van der Waals surface area contributed by atoms with E-state index in [2.05, 4.69) is 9.71 Å². The van der Waals surface area contributed by atoms with Gasteiger partial charge in [-0.1, -0.05) is 0 Å². The number of nitrogens with two attached hydrogens (primary N) is 1. The number of nitrogens with one attached hydrogen (secondary N) is 1. The highest BCUT2D eigenvalue weighted by atomic mass is 32.2. The smallest absolute Gasteiger partial charge is 0.244 e. The SMILES string of the molecule is CCOc1ccc(N)cc1S(=O)(=O)NCCc1cscn1. The van der Waals surface area contributed by atoms with Crippen LogP contribution in [0.25, 0.3) is 0 Å². The van der Waals surface area contributed by atoms with E-state index in [1.165, 1.54) is 17.4 Å². The fraction of sp³-hybridized carbons (Fsp3) is 0.308. The molecular weight excluding hydrogens is 310 g/mol. The molecule has 21 heavy (non-hydrogen) atoms. The number of hydrogen-bond donors (Lipinski definition) is 2. The fourth-order valence-electron chi connectivity index (χ4n) is 1.76. The molecule has 1 heterocycles. The highest BCUT2D eigenvalue weighted by Crippen LogP contribution is 2.26. The van der Waals surface area contributed by atoms with Crippen LogP contribution < -0.4 is 15.2 Å². The molecule has 0 amide bonds. The normalized spacial score (nSPS) is 11.5.